The predicted molar refractivity (Wildman–Crippen MR) is 60.8 cm³/mol. The van der Waals surface area contributed by atoms with E-state index < -0.39 is 5.97 Å². The average Bonchev–Trinajstić information content (AvgIpc) is 2.70. The summed E-state index contributed by atoms with van der Waals surface area (Å²) in [6, 6.07) is 0.570. The number of rotatable bonds is 6. The number of carboxylic acids is 1. The maximum Gasteiger partial charge on any atom is 0.306 e. The van der Waals surface area contributed by atoms with E-state index >= 15 is 0 Å². The maximum atomic E-state index is 10.6. The molecule has 86 valence electrons. The van der Waals surface area contributed by atoms with Crippen molar-refractivity contribution in [3.05, 3.63) is 12.2 Å². The Hall–Kier alpha value is -0.830. The second-order valence-electron chi connectivity index (χ2n) is 4.44. The molecule has 0 saturated carbocycles. The standard InChI is InChI=1S/C12H21NO2/c1-10(12(14)15)6-5-7-11(2)13-8-3-4-9-13/h3-4,10-11H,5-9H2,1-2H3,(H,14,15). The zero-order valence-corrected chi connectivity index (χ0v) is 9.65. The third kappa shape index (κ3) is 4.04. The van der Waals surface area contributed by atoms with E-state index in [1.807, 2.05) is 0 Å². The maximum absolute atomic E-state index is 10.6. The molecule has 0 aromatic rings. The van der Waals surface area contributed by atoms with Crippen LogP contribution in [0.1, 0.15) is 33.1 Å². The summed E-state index contributed by atoms with van der Waals surface area (Å²) in [5, 5.41) is 8.74. The summed E-state index contributed by atoms with van der Waals surface area (Å²) >= 11 is 0. The van der Waals surface area contributed by atoms with Gasteiger partial charge in [-0.3, -0.25) is 9.69 Å². The molecule has 1 aliphatic rings. The van der Waals surface area contributed by atoms with Crippen LogP contribution in [0.25, 0.3) is 0 Å². The Morgan fingerprint density at radius 3 is 2.47 bits per heavy atom. The molecule has 0 saturated heterocycles. The van der Waals surface area contributed by atoms with E-state index in [2.05, 4.69) is 24.0 Å². The van der Waals surface area contributed by atoms with Crippen LogP contribution in [-0.4, -0.2) is 35.1 Å². The third-order valence-corrected chi connectivity index (χ3v) is 3.15. The Balaban J connectivity index is 2.11. The number of nitrogens with zero attached hydrogens (tertiary/aromatic N) is 1. The van der Waals surface area contributed by atoms with Crippen LogP contribution < -0.4 is 0 Å². The van der Waals surface area contributed by atoms with E-state index in [9.17, 15) is 4.79 Å². The SMILES string of the molecule is CC(CCCC(C)N1CC=CC1)C(=O)O. The summed E-state index contributed by atoms with van der Waals surface area (Å²) < 4.78 is 0. The highest BCUT2D eigenvalue weighted by molar-refractivity contribution is 5.69. The van der Waals surface area contributed by atoms with Gasteiger partial charge in [0.25, 0.3) is 0 Å². The van der Waals surface area contributed by atoms with Gasteiger partial charge >= 0.3 is 5.97 Å². The van der Waals surface area contributed by atoms with Crippen LogP contribution >= 0.6 is 0 Å². The molecule has 3 heteroatoms. The van der Waals surface area contributed by atoms with Gasteiger partial charge in [0, 0.05) is 19.1 Å². The van der Waals surface area contributed by atoms with Crippen LogP contribution in [0, 0.1) is 5.92 Å². The van der Waals surface area contributed by atoms with Gasteiger partial charge in [0.15, 0.2) is 0 Å². The van der Waals surface area contributed by atoms with Gasteiger partial charge in [0.1, 0.15) is 0 Å². The summed E-state index contributed by atoms with van der Waals surface area (Å²) in [5.41, 5.74) is 0. The molecule has 1 rings (SSSR count). The van der Waals surface area contributed by atoms with Crippen LogP contribution in [0.5, 0.6) is 0 Å². The zero-order chi connectivity index (χ0) is 11.3. The first kappa shape index (κ1) is 12.2. The first-order valence-corrected chi connectivity index (χ1v) is 5.73. The Morgan fingerprint density at radius 2 is 1.93 bits per heavy atom. The lowest BCUT2D eigenvalue weighted by Gasteiger charge is -2.23. The Kier molecular flexibility index (Phi) is 4.82. The Labute approximate surface area is 91.8 Å². The van der Waals surface area contributed by atoms with Gasteiger partial charge in [0.05, 0.1) is 5.92 Å². The topological polar surface area (TPSA) is 40.5 Å². The summed E-state index contributed by atoms with van der Waals surface area (Å²) in [6.45, 7) is 6.11. The monoisotopic (exact) mass is 211 g/mol. The number of aliphatic carboxylic acids is 1. The molecule has 1 N–H and O–H groups in total. The van der Waals surface area contributed by atoms with Crippen molar-refractivity contribution in [1.82, 2.24) is 4.90 Å². The van der Waals surface area contributed by atoms with Gasteiger partial charge in [-0.1, -0.05) is 25.5 Å². The fraction of sp³-hybridized carbons (Fsp3) is 0.750. The molecule has 0 aliphatic carbocycles. The van der Waals surface area contributed by atoms with Crippen LogP contribution in [0.2, 0.25) is 0 Å². The predicted octanol–water partition coefficient (Wildman–Crippen LogP) is 2.14. The van der Waals surface area contributed by atoms with E-state index in [0.717, 1.165) is 32.4 Å². The minimum Gasteiger partial charge on any atom is -0.481 e. The molecule has 15 heavy (non-hydrogen) atoms. The van der Waals surface area contributed by atoms with E-state index in [1.165, 1.54) is 0 Å². The molecule has 0 fully saturated rings. The van der Waals surface area contributed by atoms with Crippen molar-refractivity contribution in [3.8, 4) is 0 Å². The van der Waals surface area contributed by atoms with Crippen molar-refractivity contribution in [1.29, 1.82) is 0 Å². The van der Waals surface area contributed by atoms with E-state index in [-0.39, 0.29) is 5.92 Å². The van der Waals surface area contributed by atoms with Crippen molar-refractivity contribution in [3.63, 3.8) is 0 Å². The summed E-state index contributed by atoms with van der Waals surface area (Å²) in [4.78, 5) is 13.0. The second-order valence-corrected chi connectivity index (χ2v) is 4.44. The highest BCUT2D eigenvalue weighted by Gasteiger charge is 2.15. The molecule has 1 heterocycles. The number of carboxylic acid groups (broad SMARTS) is 1. The van der Waals surface area contributed by atoms with Crippen LogP contribution in [-0.2, 0) is 4.79 Å². The normalized spacial score (nSPS) is 20.4. The number of hydrogen-bond donors (Lipinski definition) is 1. The lowest BCUT2D eigenvalue weighted by Crippen LogP contribution is -2.30. The van der Waals surface area contributed by atoms with Crippen molar-refractivity contribution < 1.29 is 9.90 Å². The molecule has 0 radical (unpaired) electrons. The lowest BCUT2D eigenvalue weighted by molar-refractivity contribution is -0.141. The summed E-state index contributed by atoms with van der Waals surface area (Å²) in [7, 11) is 0. The van der Waals surface area contributed by atoms with Crippen LogP contribution in [0.4, 0.5) is 0 Å². The first-order chi connectivity index (χ1) is 7.11. The second kappa shape index (κ2) is 5.91. The first-order valence-electron chi connectivity index (χ1n) is 5.73. The van der Waals surface area contributed by atoms with Gasteiger partial charge in [-0.05, 0) is 19.8 Å². The Morgan fingerprint density at radius 1 is 1.33 bits per heavy atom. The van der Waals surface area contributed by atoms with E-state index in [4.69, 9.17) is 5.11 Å². The third-order valence-electron chi connectivity index (χ3n) is 3.15. The number of hydrogen-bond acceptors (Lipinski definition) is 2. The molecular weight excluding hydrogens is 190 g/mol. The minimum atomic E-state index is -0.675. The van der Waals surface area contributed by atoms with Crippen molar-refractivity contribution in [2.24, 2.45) is 5.92 Å². The highest BCUT2D eigenvalue weighted by Crippen LogP contribution is 2.14. The molecule has 3 nitrogen and oxygen atoms in total. The largest absolute Gasteiger partial charge is 0.481 e. The zero-order valence-electron chi connectivity index (χ0n) is 9.65. The van der Waals surface area contributed by atoms with Gasteiger partial charge in [-0.15, -0.1) is 0 Å². The van der Waals surface area contributed by atoms with Gasteiger partial charge < -0.3 is 5.11 Å². The molecule has 0 aromatic carbocycles. The van der Waals surface area contributed by atoms with Crippen molar-refractivity contribution in [2.75, 3.05) is 13.1 Å². The fourth-order valence-corrected chi connectivity index (χ4v) is 1.88. The number of carbonyl (C=O) groups is 1. The van der Waals surface area contributed by atoms with Gasteiger partial charge in [-0.2, -0.15) is 0 Å². The minimum absolute atomic E-state index is 0.200. The smallest absolute Gasteiger partial charge is 0.306 e. The van der Waals surface area contributed by atoms with Crippen LogP contribution in [0.15, 0.2) is 12.2 Å². The Bertz CT molecular complexity index is 230. The van der Waals surface area contributed by atoms with Crippen LogP contribution in [0.3, 0.4) is 0 Å². The molecule has 0 amide bonds. The van der Waals surface area contributed by atoms with Crippen molar-refractivity contribution in [2.45, 2.75) is 39.2 Å². The molecule has 0 bridgehead atoms. The highest BCUT2D eigenvalue weighted by atomic mass is 16.4. The van der Waals surface area contributed by atoms with Crippen molar-refractivity contribution >= 4 is 5.97 Å². The fourth-order valence-electron chi connectivity index (χ4n) is 1.88. The molecular formula is C12H21NO2. The quantitative estimate of drug-likeness (QED) is 0.684. The average molecular weight is 211 g/mol. The molecule has 2 atom stereocenters. The summed E-state index contributed by atoms with van der Waals surface area (Å²) in [6.07, 6.45) is 7.28. The summed E-state index contributed by atoms with van der Waals surface area (Å²) in [5.74, 6) is -0.876. The molecule has 0 spiro atoms. The molecule has 2 unspecified atom stereocenters. The van der Waals surface area contributed by atoms with Gasteiger partial charge in [0.2, 0.25) is 0 Å². The van der Waals surface area contributed by atoms with E-state index in [0.29, 0.717) is 6.04 Å². The molecule has 0 aromatic heterocycles. The van der Waals surface area contributed by atoms with E-state index in [1.54, 1.807) is 6.92 Å². The molecule has 1 aliphatic heterocycles. The lowest BCUT2D eigenvalue weighted by atomic mass is 10.0. The van der Waals surface area contributed by atoms with Gasteiger partial charge in [-0.25, -0.2) is 0 Å².